The fourth-order valence-electron chi connectivity index (χ4n) is 3.51. The van der Waals surface area contributed by atoms with Crippen molar-refractivity contribution in [1.29, 1.82) is 0 Å². The van der Waals surface area contributed by atoms with Gasteiger partial charge in [-0.3, -0.25) is 0 Å². The lowest BCUT2D eigenvalue weighted by Gasteiger charge is -2.37. The summed E-state index contributed by atoms with van der Waals surface area (Å²) in [5.41, 5.74) is 3.41. The van der Waals surface area contributed by atoms with Crippen LogP contribution in [0.25, 0.3) is 11.3 Å². The number of rotatable bonds is 3. The van der Waals surface area contributed by atoms with Crippen molar-refractivity contribution in [2.24, 2.45) is 0 Å². The van der Waals surface area contributed by atoms with Crippen LogP contribution in [0, 0.1) is 6.92 Å². The third-order valence-corrected chi connectivity index (χ3v) is 6.04. The Balaban J connectivity index is 1.45. The topological polar surface area (TPSA) is 19.6 Å². The van der Waals surface area contributed by atoms with Gasteiger partial charge in [0.15, 0.2) is 5.76 Å². The predicted molar refractivity (Wildman–Crippen MR) is 121 cm³/mol. The van der Waals surface area contributed by atoms with Crippen molar-refractivity contribution < 1.29 is 4.42 Å². The lowest BCUT2D eigenvalue weighted by molar-refractivity contribution is 0.385. The fraction of sp³-hybridized carbons (Fsp3) is 0.227. The molecule has 0 aliphatic carbocycles. The van der Waals surface area contributed by atoms with E-state index in [0.717, 1.165) is 36.7 Å². The van der Waals surface area contributed by atoms with Gasteiger partial charge >= 0.3 is 0 Å². The van der Waals surface area contributed by atoms with Crippen molar-refractivity contribution in [3.05, 3.63) is 76.0 Å². The van der Waals surface area contributed by atoms with Crippen molar-refractivity contribution >= 4 is 46.1 Å². The number of thiocarbonyl (C=S) groups is 1. The number of benzene rings is 2. The molecule has 144 valence electrons. The van der Waals surface area contributed by atoms with Gasteiger partial charge < -0.3 is 14.2 Å². The Hall–Kier alpha value is -2.01. The Kier molecular flexibility index (Phi) is 5.63. The first-order valence-corrected chi connectivity index (χ1v) is 10.3. The van der Waals surface area contributed by atoms with Gasteiger partial charge in [-0.05, 0) is 48.9 Å². The summed E-state index contributed by atoms with van der Waals surface area (Å²) in [6.07, 6.45) is 0. The van der Waals surface area contributed by atoms with E-state index in [2.05, 4.69) is 41.0 Å². The molecule has 1 aromatic heterocycles. The van der Waals surface area contributed by atoms with Crippen LogP contribution in [-0.4, -0.2) is 36.1 Å². The highest BCUT2D eigenvalue weighted by molar-refractivity contribution is 7.80. The van der Waals surface area contributed by atoms with E-state index in [-0.39, 0.29) is 0 Å². The highest BCUT2D eigenvalue weighted by Gasteiger charge is 2.22. The minimum atomic E-state index is 0.561. The van der Waals surface area contributed by atoms with Crippen LogP contribution >= 0.6 is 35.4 Å². The maximum absolute atomic E-state index is 6.30. The molecule has 3 nitrogen and oxygen atoms in total. The monoisotopic (exact) mass is 430 g/mol. The second-order valence-corrected chi connectivity index (χ2v) is 8.08. The van der Waals surface area contributed by atoms with E-state index in [1.807, 2.05) is 18.2 Å². The van der Waals surface area contributed by atoms with E-state index in [1.54, 1.807) is 12.1 Å². The van der Waals surface area contributed by atoms with E-state index in [9.17, 15) is 0 Å². The Morgan fingerprint density at radius 3 is 2.43 bits per heavy atom. The molecule has 0 saturated carbocycles. The molecule has 3 aromatic rings. The molecular weight excluding hydrogens is 411 g/mol. The van der Waals surface area contributed by atoms with Crippen molar-refractivity contribution in [3.63, 3.8) is 0 Å². The summed E-state index contributed by atoms with van der Waals surface area (Å²) in [5, 5.41) is 1.16. The van der Waals surface area contributed by atoms with Gasteiger partial charge in [0.1, 0.15) is 10.7 Å². The van der Waals surface area contributed by atoms with E-state index in [4.69, 9.17) is 39.8 Å². The van der Waals surface area contributed by atoms with Crippen LogP contribution in [0.4, 0.5) is 5.69 Å². The highest BCUT2D eigenvalue weighted by Crippen LogP contribution is 2.32. The zero-order valence-corrected chi connectivity index (χ0v) is 17.8. The molecule has 0 atom stereocenters. The first-order chi connectivity index (χ1) is 13.5. The molecule has 1 saturated heterocycles. The van der Waals surface area contributed by atoms with Crippen molar-refractivity contribution in [3.8, 4) is 11.3 Å². The number of para-hydroxylation sites is 1. The summed E-state index contributed by atoms with van der Waals surface area (Å²) >= 11 is 18.0. The van der Waals surface area contributed by atoms with Gasteiger partial charge in [0, 0.05) is 42.5 Å². The Morgan fingerprint density at radius 2 is 1.71 bits per heavy atom. The van der Waals surface area contributed by atoms with Crippen molar-refractivity contribution in [2.75, 3.05) is 31.1 Å². The fourth-order valence-corrected chi connectivity index (χ4v) is 4.31. The zero-order chi connectivity index (χ0) is 19.7. The number of halogens is 2. The number of nitrogens with zero attached hydrogens (tertiary/aromatic N) is 2. The van der Waals surface area contributed by atoms with E-state index in [0.29, 0.717) is 21.6 Å². The van der Waals surface area contributed by atoms with Crippen LogP contribution in [0.5, 0.6) is 0 Å². The summed E-state index contributed by atoms with van der Waals surface area (Å²) in [4.78, 5) is 5.35. The summed E-state index contributed by atoms with van der Waals surface area (Å²) in [5.74, 6) is 1.39. The third kappa shape index (κ3) is 3.90. The van der Waals surface area contributed by atoms with Crippen molar-refractivity contribution in [2.45, 2.75) is 6.92 Å². The maximum atomic E-state index is 6.30. The molecule has 28 heavy (non-hydrogen) atoms. The van der Waals surface area contributed by atoms with Gasteiger partial charge in [-0.2, -0.15) is 0 Å². The molecule has 0 amide bonds. The average Bonchev–Trinajstić information content (AvgIpc) is 3.18. The van der Waals surface area contributed by atoms with Crippen molar-refractivity contribution in [1.82, 2.24) is 4.90 Å². The number of piperazine rings is 1. The van der Waals surface area contributed by atoms with Gasteiger partial charge in [0.2, 0.25) is 0 Å². The van der Waals surface area contributed by atoms with Gasteiger partial charge in [-0.1, -0.05) is 53.6 Å². The molecule has 2 heterocycles. The largest absolute Gasteiger partial charge is 0.454 e. The molecule has 0 N–H and O–H groups in total. The quantitative estimate of drug-likeness (QED) is 0.470. The summed E-state index contributed by atoms with van der Waals surface area (Å²) < 4.78 is 6.01. The van der Waals surface area contributed by atoms with Gasteiger partial charge in [-0.15, -0.1) is 0 Å². The molecule has 0 radical (unpaired) electrons. The number of anilines is 1. The van der Waals surface area contributed by atoms with Crippen LogP contribution < -0.4 is 4.90 Å². The average molecular weight is 431 g/mol. The normalized spacial score (nSPS) is 14.4. The first kappa shape index (κ1) is 19.3. The molecule has 0 unspecified atom stereocenters. The molecule has 4 rings (SSSR count). The number of aryl methyl sites for hydroxylation is 1. The molecule has 1 fully saturated rings. The number of hydrogen-bond donors (Lipinski definition) is 0. The summed E-state index contributed by atoms with van der Waals surface area (Å²) in [7, 11) is 0. The van der Waals surface area contributed by atoms with E-state index < -0.39 is 0 Å². The van der Waals surface area contributed by atoms with E-state index >= 15 is 0 Å². The molecular formula is C22H20Cl2N2OS. The molecule has 1 aliphatic heterocycles. The Labute approximate surface area is 180 Å². The van der Waals surface area contributed by atoms with Gasteiger partial charge in [-0.25, -0.2) is 0 Å². The van der Waals surface area contributed by atoms with Crippen LogP contribution in [0.3, 0.4) is 0 Å². The molecule has 1 aliphatic rings. The second-order valence-electron chi connectivity index (χ2n) is 6.85. The van der Waals surface area contributed by atoms with Crippen LogP contribution in [0.2, 0.25) is 10.0 Å². The lowest BCUT2D eigenvalue weighted by atomic mass is 10.1. The van der Waals surface area contributed by atoms with Gasteiger partial charge in [0.05, 0.1) is 5.02 Å². The SMILES string of the molecule is Cc1ccccc1N1CCN(C(=S)c2ccc(-c3ccc(Cl)cc3Cl)o2)CC1. The smallest absolute Gasteiger partial charge is 0.162 e. The number of furan rings is 1. The van der Waals surface area contributed by atoms with Crippen LogP contribution in [-0.2, 0) is 0 Å². The van der Waals surface area contributed by atoms with Gasteiger partial charge in [0.25, 0.3) is 0 Å². The minimum absolute atomic E-state index is 0.561. The standard InChI is InChI=1S/C22H20Cl2N2OS/c1-15-4-2-3-5-19(15)25-10-12-26(13-11-25)22(28)21-9-8-20(27-21)17-7-6-16(23)14-18(17)24/h2-9,14H,10-13H2,1H3. The first-order valence-electron chi connectivity index (χ1n) is 9.18. The lowest BCUT2D eigenvalue weighted by Crippen LogP contribution is -2.48. The predicted octanol–water partition coefficient (Wildman–Crippen LogP) is 6.06. The highest BCUT2D eigenvalue weighted by atomic mass is 35.5. The number of hydrogen-bond acceptors (Lipinski definition) is 3. The molecule has 2 aromatic carbocycles. The Bertz CT molecular complexity index is 1010. The van der Waals surface area contributed by atoms with Crippen LogP contribution in [0.1, 0.15) is 11.3 Å². The minimum Gasteiger partial charge on any atom is -0.454 e. The maximum Gasteiger partial charge on any atom is 0.162 e. The zero-order valence-electron chi connectivity index (χ0n) is 15.5. The molecule has 0 spiro atoms. The van der Waals surface area contributed by atoms with E-state index in [1.165, 1.54) is 11.3 Å². The van der Waals surface area contributed by atoms with Crippen LogP contribution in [0.15, 0.2) is 59.0 Å². The summed E-state index contributed by atoms with van der Waals surface area (Å²) in [6.45, 7) is 5.75. The second kappa shape index (κ2) is 8.16. The Morgan fingerprint density at radius 1 is 0.964 bits per heavy atom. The summed E-state index contributed by atoms with van der Waals surface area (Å²) in [6, 6.07) is 17.7. The molecule has 6 heteroatoms. The molecule has 0 bridgehead atoms. The third-order valence-electron chi connectivity index (χ3n) is 5.04.